The van der Waals surface area contributed by atoms with Crippen LogP contribution in [0.4, 0.5) is 0 Å². The summed E-state index contributed by atoms with van der Waals surface area (Å²) in [7, 11) is 0. The monoisotopic (exact) mass is 268 g/mol. The van der Waals surface area contributed by atoms with E-state index in [0.717, 1.165) is 6.42 Å². The molecule has 0 saturated carbocycles. The molecule has 0 N–H and O–H groups in total. The predicted molar refractivity (Wildman–Crippen MR) is 81.0 cm³/mol. The minimum atomic E-state index is -0.253. The van der Waals surface area contributed by atoms with Gasteiger partial charge in [0, 0.05) is 6.42 Å². The summed E-state index contributed by atoms with van der Waals surface area (Å²) < 4.78 is 5.29. The first-order chi connectivity index (χ1) is 9.66. The van der Waals surface area contributed by atoms with E-state index in [4.69, 9.17) is 4.74 Å². The number of carbonyl (C=O) groups excluding carboxylic acids is 1. The molecule has 20 heavy (non-hydrogen) atoms. The third-order valence-corrected chi connectivity index (χ3v) is 3.28. The summed E-state index contributed by atoms with van der Waals surface area (Å²) in [6.45, 7) is 4.68. The Hall–Kier alpha value is -2.09. The second kappa shape index (κ2) is 6.90. The maximum atomic E-state index is 11.9. The van der Waals surface area contributed by atoms with Gasteiger partial charge in [0.15, 0.2) is 0 Å². The van der Waals surface area contributed by atoms with Crippen molar-refractivity contribution >= 4 is 5.97 Å². The summed E-state index contributed by atoms with van der Waals surface area (Å²) in [6.07, 6.45) is 0.747. The van der Waals surface area contributed by atoms with Crippen molar-refractivity contribution in [3.05, 3.63) is 71.3 Å². The zero-order valence-electron chi connectivity index (χ0n) is 12.0. The lowest BCUT2D eigenvalue weighted by Crippen LogP contribution is -2.08. The van der Waals surface area contributed by atoms with Crippen LogP contribution in [-0.2, 0) is 11.2 Å². The molecule has 0 fully saturated rings. The van der Waals surface area contributed by atoms with Crippen LogP contribution in [-0.4, -0.2) is 12.6 Å². The fourth-order valence-corrected chi connectivity index (χ4v) is 1.99. The minimum absolute atomic E-state index is 0.253. The lowest BCUT2D eigenvalue weighted by atomic mass is 10.0. The molecule has 2 nitrogen and oxygen atoms in total. The molecule has 0 aromatic heterocycles. The van der Waals surface area contributed by atoms with Crippen molar-refractivity contribution < 1.29 is 9.53 Å². The third-order valence-electron chi connectivity index (χ3n) is 3.28. The summed E-state index contributed by atoms with van der Waals surface area (Å²) in [5.41, 5.74) is 3.02. The van der Waals surface area contributed by atoms with Gasteiger partial charge in [-0.2, -0.15) is 0 Å². The Labute approximate surface area is 120 Å². The van der Waals surface area contributed by atoms with Crippen molar-refractivity contribution in [1.29, 1.82) is 0 Å². The number of benzene rings is 2. The molecule has 0 aliphatic heterocycles. The van der Waals surface area contributed by atoms with E-state index < -0.39 is 0 Å². The SMILES string of the molecule is CC(C)c1ccc(C(=O)OCCc2ccccc2)cc1. The molecule has 0 spiro atoms. The van der Waals surface area contributed by atoms with Crippen molar-refractivity contribution in [3.8, 4) is 0 Å². The minimum Gasteiger partial charge on any atom is -0.462 e. The van der Waals surface area contributed by atoms with Crippen molar-refractivity contribution in [3.63, 3.8) is 0 Å². The van der Waals surface area contributed by atoms with Crippen molar-refractivity contribution in [1.82, 2.24) is 0 Å². The number of esters is 1. The average Bonchev–Trinajstić information content (AvgIpc) is 2.48. The van der Waals surface area contributed by atoms with Crippen LogP contribution in [0.25, 0.3) is 0 Å². The summed E-state index contributed by atoms with van der Waals surface area (Å²) in [6, 6.07) is 17.7. The number of carbonyl (C=O) groups is 1. The molecule has 2 aromatic carbocycles. The van der Waals surface area contributed by atoms with Crippen molar-refractivity contribution in [2.75, 3.05) is 6.61 Å². The van der Waals surface area contributed by atoms with Crippen LogP contribution >= 0.6 is 0 Å². The average molecular weight is 268 g/mol. The first-order valence-corrected chi connectivity index (χ1v) is 6.98. The highest BCUT2D eigenvalue weighted by molar-refractivity contribution is 5.89. The van der Waals surface area contributed by atoms with Crippen LogP contribution in [0.15, 0.2) is 54.6 Å². The normalized spacial score (nSPS) is 10.6. The molecule has 0 radical (unpaired) electrons. The molecule has 0 unspecified atom stereocenters. The van der Waals surface area contributed by atoms with Gasteiger partial charge in [-0.25, -0.2) is 4.79 Å². The molecule has 0 atom stereocenters. The maximum Gasteiger partial charge on any atom is 0.338 e. The highest BCUT2D eigenvalue weighted by atomic mass is 16.5. The van der Waals surface area contributed by atoms with Gasteiger partial charge < -0.3 is 4.74 Å². The summed E-state index contributed by atoms with van der Waals surface area (Å²) >= 11 is 0. The Morgan fingerprint density at radius 1 is 1.00 bits per heavy atom. The van der Waals surface area contributed by atoms with Gasteiger partial charge >= 0.3 is 5.97 Å². The van der Waals surface area contributed by atoms with Gasteiger partial charge in [-0.3, -0.25) is 0 Å². The molecule has 2 heteroatoms. The Kier molecular flexibility index (Phi) is 4.94. The van der Waals surface area contributed by atoms with Gasteiger partial charge in [-0.05, 0) is 29.2 Å². The van der Waals surface area contributed by atoms with E-state index in [-0.39, 0.29) is 5.97 Å². The number of ether oxygens (including phenoxy) is 1. The number of rotatable bonds is 5. The van der Waals surface area contributed by atoms with Crippen LogP contribution in [0.3, 0.4) is 0 Å². The van der Waals surface area contributed by atoms with E-state index >= 15 is 0 Å². The van der Waals surface area contributed by atoms with E-state index in [9.17, 15) is 4.79 Å². The van der Waals surface area contributed by atoms with Crippen LogP contribution < -0.4 is 0 Å². The number of hydrogen-bond donors (Lipinski definition) is 0. The highest BCUT2D eigenvalue weighted by Crippen LogP contribution is 2.15. The third kappa shape index (κ3) is 3.95. The Morgan fingerprint density at radius 2 is 1.65 bits per heavy atom. The molecule has 0 aliphatic carbocycles. The highest BCUT2D eigenvalue weighted by Gasteiger charge is 2.07. The summed E-state index contributed by atoms with van der Waals surface area (Å²) in [5.74, 6) is 0.217. The zero-order valence-corrected chi connectivity index (χ0v) is 12.0. The molecule has 0 amide bonds. The smallest absolute Gasteiger partial charge is 0.338 e. The van der Waals surface area contributed by atoms with Crippen molar-refractivity contribution in [2.24, 2.45) is 0 Å². The molecule has 0 aliphatic rings. The predicted octanol–water partition coefficient (Wildman–Crippen LogP) is 4.21. The molecule has 2 rings (SSSR count). The molecule has 0 saturated heterocycles. The van der Waals surface area contributed by atoms with Gasteiger partial charge in [0.25, 0.3) is 0 Å². The molecule has 2 aromatic rings. The topological polar surface area (TPSA) is 26.3 Å². The second-order valence-electron chi connectivity index (χ2n) is 5.15. The first-order valence-electron chi connectivity index (χ1n) is 6.98. The number of hydrogen-bond acceptors (Lipinski definition) is 2. The van der Waals surface area contributed by atoms with E-state index in [2.05, 4.69) is 13.8 Å². The van der Waals surface area contributed by atoms with Crippen LogP contribution in [0.5, 0.6) is 0 Å². The summed E-state index contributed by atoms with van der Waals surface area (Å²) in [4.78, 5) is 11.9. The van der Waals surface area contributed by atoms with Gasteiger partial charge in [0.05, 0.1) is 12.2 Å². The van der Waals surface area contributed by atoms with Gasteiger partial charge in [0.2, 0.25) is 0 Å². The summed E-state index contributed by atoms with van der Waals surface area (Å²) in [5, 5.41) is 0. The molecule has 0 heterocycles. The quantitative estimate of drug-likeness (QED) is 0.759. The molecule has 0 bridgehead atoms. The van der Waals surface area contributed by atoms with Crippen LogP contribution in [0.2, 0.25) is 0 Å². The fourth-order valence-electron chi connectivity index (χ4n) is 1.99. The second-order valence-corrected chi connectivity index (χ2v) is 5.15. The molecular weight excluding hydrogens is 248 g/mol. The zero-order chi connectivity index (χ0) is 14.4. The first kappa shape index (κ1) is 14.3. The lowest BCUT2D eigenvalue weighted by molar-refractivity contribution is 0.0509. The largest absolute Gasteiger partial charge is 0.462 e. The van der Waals surface area contributed by atoms with Crippen molar-refractivity contribution in [2.45, 2.75) is 26.2 Å². The van der Waals surface area contributed by atoms with Crippen LogP contribution in [0, 0.1) is 0 Å². The van der Waals surface area contributed by atoms with Crippen LogP contribution in [0.1, 0.15) is 41.3 Å². The Morgan fingerprint density at radius 3 is 2.25 bits per heavy atom. The Balaban J connectivity index is 1.85. The van der Waals surface area contributed by atoms with E-state index in [1.165, 1.54) is 11.1 Å². The maximum absolute atomic E-state index is 11.9. The van der Waals surface area contributed by atoms with Gasteiger partial charge in [0.1, 0.15) is 0 Å². The van der Waals surface area contributed by atoms with Gasteiger partial charge in [-0.15, -0.1) is 0 Å². The standard InChI is InChI=1S/C18H20O2/c1-14(2)16-8-10-17(11-9-16)18(19)20-13-12-15-6-4-3-5-7-15/h3-11,14H,12-13H2,1-2H3. The van der Waals surface area contributed by atoms with E-state index in [1.54, 1.807) is 0 Å². The fraction of sp³-hybridized carbons (Fsp3) is 0.278. The Bertz CT molecular complexity index is 541. The lowest BCUT2D eigenvalue weighted by Gasteiger charge is -2.07. The molecular formula is C18H20O2. The van der Waals surface area contributed by atoms with E-state index in [1.807, 2.05) is 54.6 Å². The molecule has 104 valence electrons. The van der Waals surface area contributed by atoms with Gasteiger partial charge in [-0.1, -0.05) is 56.3 Å². The van der Waals surface area contributed by atoms with E-state index in [0.29, 0.717) is 18.1 Å².